The van der Waals surface area contributed by atoms with E-state index < -0.39 is 0 Å². The standard InChI is InChI=1S/C12H10Br2ClIN2O/c1-5(2)3-7-9(16)11(15)18-12(17-7)8-4-6(13)10(14)19-8/h4-5H,3H2,1-2H3. The number of nitrogens with zero attached hydrogens (tertiary/aromatic N) is 2. The molecule has 0 bridgehead atoms. The maximum atomic E-state index is 6.18. The lowest BCUT2D eigenvalue weighted by Gasteiger charge is -2.09. The molecule has 102 valence electrons. The molecular formula is C12H10Br2ClIN2O. The van der Waals surface area contributed by atoms with Crippen molar-refractivity contribution >= 4 is 66.1 Å². The Morgan fingerprint density at radius 1 is 1.37 bits per heavy atom. The lowest BCUT2D eigenvalue weighted by Crippen LogP contribution is -2.04. The average Bonchev–Trinajstić information content (AvgIpc) is 2.65. The van der Waals surface area contributed by atoms with Gasteiger partial charge in [0, 0.05) is 6.07 Å². The van der Waals surface area contributed by atoms with Gasteiger partial charge in [0.25, 0.3) is 0 Å². The highest BCUT2D eigenvalue weighted by Gasteiger charge is 2.16. The van der Waals surface area contributed by atoms with E-state index in [2.05, 4.69) is 78.3 Å². The molecule has 0 radical (unpaired) electrons. The summed E-state index contributed by atoms with van der Waals surface area (Å²) in [4.78, 5) is 8.84. The molecule has 2 aromatic heterocycles. The van der Waals surface area contributed by atoms with E-state index in [1.807, 2.05) is 6.07 Å². The van der Waals surface area contributed by atoms with E-state index in [0.717, 1.165) is 20.2 Å². The first-order chi connectivity index (χ1) is 8.88. The van der Waals surface area contributed by atoms with Crippen molar-refractivity contribution in [2.24, 2.45) is 5.92 Å². The quantitative estimate of drug-likeness (QED) is 0.384. The number of aromatic nitrogens is 2. The zero-order valence-electron chi connectivity index (χ0n) is 10.2. The number of hydrogen-bond acceptors (Lipinski definition) is 3. The van der Waals surface area contributed by atoms with Crippen LogP contribution >= 0.6 is 66.1 Å². The maximum Gasteiger partial charge on any atom is 0.197 e. The second-order valence-electron chi connectivity index (χ2n) is 4.43. The molecule has 0 spiro atoms. The Labute approximate surface area is 146 Å². The molecule has 0 fully saturated rings. The van der Waals surface area contributed by atoms with Crippen LogP contribution in [0.4, 0.5) is 0 Å². The van der Waals surface area contributed by atoms with E-state index in [0.29, 0.717) is 27.3 Å². The van der Waals surface area contributed by atoms with E-state index in [1.165, 1.54) is 0 Å². The summed E-state index contributed by atoms with van der Waals surface area (Å²) in [7, 11) is 0. The molecule has 0 aliphatic heterocycles. The minimum absolute atomic E-state index is 0.463. The fraction of sp³-hybridized carbons (Fsp3) is 0.333. The van der Waals surface area contributed by atoms with Crippen LogP contribution in [0.3, 0.4) is 0 Å². The average molecular weight is 520 g/mol. The van der Waals surface area contributed by atoms with Crippen molar-refractivity contribution in [1.82, 2.24) is 9.97 Å². The van der Waals surface area contributed by atoms with E-state index in [-0.39, 0.29) is 0 Å². The molecule has 0 atom stereocenters. The van der Waals surface area contributed by atoms with Crippen LogP contribution in [0.1, 0.15) is 19.5 Å². The molecule has 3 nitrogen and oxygen atoms in total. The van der Waals surface area contributed by atoms with Crippen molar-refractivity contribution in [2.45, 2.75) is 20.3 Å². The van der Waals surface area contributed by atoms with Crippen molar-refractivity contribution < 1.29 is 4.42 Å². The van der Waals surface area contributed by atoms with Gasteiger partial charge in [-0.15, -0.1) is 0 Å². The first-order valence-corrected chi connectivity index (χ1v) is 8.60. The summed E-state index contributed by atoms with van der Waals surface area (Å²) in [6.07, 6.45) is 0.858. The van der Waals surface area contributed by atoms with Crippen molar-refractivity contribution in [3.05, 3.63) is 29.6 Å². The molecule has 0 aromatic carbocycles. The molecule has 0 aliphatic rings. The van der Waals surface area contributed by atoms with Gasteiger partial charge in [-0.1, -0.05) is 25.4 Å². The van der Waals surface area contributed by atoms with E-state index >= 15 is 0 Å². The predicted octanol–water partition coefficient (Wildman–Crippen LogP) is 5.72. The second kappa shape index (κ2) is 6.41. The highest BCUT2D eigenvalue weighted by Crippen LogP contribution is 2.33. The lowest BCUT2D eigenvalue weighted by atomic mass is 10.1. The normalized spacial score (nSPS) is 11.3. The third-order valence-electron chi connectivity index (χ3n) is 2.35. The molecule has 0 saturated carbocycles. The topological polar surface area (TPSA) is 38.9 Å². The first-order valence-electron chi connectivity index (χ1n) is 5.55. The summed E-state index contributed by atoms with van der Waals surface area (Å²) < 4.78 is 7.88. The van der Waals surface area contributed by atoms with Crippen LogP contribution in [-0.2, 0) is 6.42 Å². The SMILES string of the molecule is CC(C)Cc1nc(-c2cc(Br)c(Br)o2)nc(Cl)c1I. The highest BCUT2D eigenvalue weighted by molar-refractivity contribution is 14.1. The van der Waals surface area contributed by atoms with Gasteiger partial charge in [0.2, 0.25) is 0 Å². The summed E-state index contributed by atoms with van der Waals surface area (Å²) >= 11 is 15.0. The molecule has 2 heterocycles. The van der Waals surface area contributed by atoms with Gasteiger partial charge >= 0.3 is 0 Å². The predicted molar refractivity (Wildman–Crippen MR) is 91.4 cm³/mol. The highest BCUT2D eigenvalue weighted by atomic mass is 127. The third kappa shape index (κ3) is 3.71. The van der Waals surface area contributed by atoms with Crippen LogP contribution in [0.5, 0.6) is 0 Å². The van der Waals surface area contributed by atoms with E-state index in [1.54, 1.807) is 0 Å². The fourth-order valence-electron chi connectivity index (χ4n) is 1.55. The van der Waals surface area contributed by atoms with Crippen LogP contribution < -0.4 is 0 Å². The molecule has 0 aliphatic carbocycles. The van der Waals surface area contributed by atoms with Crippen LogP contribution in [0.2, 0.25) is 5.15 Å². The Bertz CT molecular complexity index is 597. The van der Waals surface area contributed by atoms with Gasteiger partial charge < -0.3 is 4.42 Å². The van der Waals surface area contributed by atoms with Gasteiger partial charge in [-0.3, -0.25) is 0 Å². The Morgan fingerprint density at radius 3 is 2.58 bits per heavy atom. The Morgan fingerprint density at radius 2 is 2.05 bits per heavy atom. The largest absolute Gasteiger partial charge is 0.445 e. The molecule has 0 unspecified atom stereocenters. The Hall–Kier alpha value is 0.340. The van der Waals surface area contributed by atoms with Gasteiger partial charge in [-0.05, 0) is 66.8 Å². The van der Waals surface area contributed by atoms with Crippen LogP contribution in [-0.4, -0.2) is 9.97 Å². The van der Waals surface area contributed by atoms with Crippen LogP contribution in [0.25, 0.3) is 11.6 Å². The van der Waals surface area contributed by atoms with Crippen molar-refractivity contribution in [1.29, 1.82) is 0 Å². The van der Waals surface area contributed by atoms with Gasteiger partial charge in [-0.2, -0.15) is 0 Å². The number of furan rings is 1. The van der Waals surface area contributed by atoms with Crippen LogP contribution in [0, 0.1) is 9.49 Å². The van der Waals surface area contributed by atoms with Crippen molar-refractivity contribution in [3.63, 3.8) is 0 Å². The van der Waals surface area contributed by atoms with Gasteiger partial charge in [0.05, 0.1) is 13.7 Å². The molecule has 0 amide bonds. The summed E-state index contributed by atoms with van der Waals surface area (Å²) in [5.41, 5.74) is 0.953. The molecule has 0 saturated heterocycles. The van der Waals surface area contributed by atoms with E-state index in [4.69, 9.17) is 16.0 Å². The summed E-state index contributed by atoms with van der Waals surface area (Å²) in [6.45, 7) is 4.29. The van der Waals surface area contributed by atoms with E-state index in [9.17, 15) is 0 Å². The molecule has 19 heavy (non-hydrogen) atoms. The smallest absolute Gasteiger partial charge is 0.197 e. The van der Waals surface area contributed by atoms with Gasteiger partial charge in [0.15, 0.2) is 16.3 Å². The molecule has 0 N–H and O–H groups in total. The monoisotopic (exact) mass is 518 g/mol. The number of hydrogen-bond donors (Lipinski definition) is 0. The lowest BCUT2D eigenvalue weighted by molar-refractivity contribution is 0.548. The van der Waals surface area contributed by atoms with Gasteiger partial charge in [0.1, 0.15) is 5.15 Å². The second-order valence-corrected chi connectivity index (χ2v) is 7.44. The summed E-state index contributed by atoms with van der Waals surface area (Å²) in [5.74, 6) is 1.59. The van der Waals surface area contributed by atoms with Gasteiger partial charge in [-0.25, -0.2) is 9.97 Å². The Balaban J connectivity index is 2.49. The molecule has 2 rings (SSSR count). The number of rotatable bonds is 3. The minimum Gasteiger partial charge on any atom is -0.445 e. The maximum absolute atomic E-state index is 6.18. The third-order valence-corrected chi connectivity index (χ3v) is 5.78. The molecular weight excluding hydrogens is 510 g/mol. The first kappa shape index (κ1) is 15.7. The summed E-state index contributed by atoms with van der Waals surface area (Å²) in [5, 5.41) is 0.463. The number of halogens is 4. The zero-order valence-corrected chi connectivity index (χ0v) is 16.3. The molecule has 2 aromatic rings. The Kier molecular flexibility index (Phi) is 5.30. The van der Waals surface area contributed by atoms with Crippen molar-refractivity contribution in [2.75, 3.05) is 0 Å². The minimum atomic E-state index is 0.463. The van der Waals surface area contributed by atoms with Crippen molar-refractivity contribution in [3.8, 4) is 11.6 Å². The molecule has 7 heteroatoms. The summed E-state index contributed by atoms with van der Waals surface area (Å²) in [6, 6.07) is 1.82. The van der Waals surface area contributed by atoms with Crippen LogP contribution in [0.15, 0.2) is 19.6 Å². The fourth-order valence-corrected chi connectivity index (χ4v) is 2.78. The zero-order chi connectivity index (χ0) is 14.2.